The van der Waals surface area contributed by atoms with Gasteiger partial charge in [0.15, 0.2) is 0 Å². The molecule has 9 heteroatoms. The number of aromatic nitrogens is 2. The van der Waals surface area contributed by atoms with Gasteiger partial charge in [0.05, 0.1) is 11.5 Å². The molecule has 1 unspecified atom stereocenters. The lowest BCUT2D eigenvalue weighted by molar-refractivity contribution is -0.384. The van der Waals surface area contributed by atoms with Crippen LogP contribution in [0.15, 0.2) is 6.20 Å². The zero-order valence-electron chi connectivity index (χ0n) is 12.2. The van der Waals surface area contributed by atoms with Crippen LogP contribution in [0, 0.1) is 10.1 Å². The molecule has 0 saturated carbocycles. The van der Waals surface area contributed by atoms with E-state index in [1.807, 2.05) is 0 Å². The predicted octanol–water partition coefficient (Wildman–Crippen LogP) is 1.67. The minimum absolute atomic E-state index is 0.0822. The third-order valence-electron chi connectivity index (χ3n) is 3.78. The highest BCUT2D eigenvalue weighted by atomic mass is 19.3. The van der Waals surface area contributed by atoms with Crippen molar-refractivity contribution >= 4 is 11.5 Å². The van der Waals surface area contributed by atoms with Gasteiger partial charge >= 0.3 is 5.69 Å². The summed E-state index contributed by atoms with van der Waals surface area (Å²) in [6, 6.07) is -0.660. The number of rotatable bonds is 2. The predicted molar refractivity (Wildman–Crippen MR) is 73.4 cm³/mol. The first kappa shape index (κ1) is 15.6. The van der Waals surface area contributed by atoms with Gasteiger partial charge in [-0.2, -0.15) is 5.10 Å². The number of nitrogens with zero attached hydrogens (tertiary/aromatic N) is 4. The second-order valence-electron chi connectivity index (χ2n) is 6.16. The third-order valence-corrected chi connectivity index (χ3v) is 3.78. The van der Waals surface area contributed by atoms with Gasteiger partial charge in [0.1, 0.15) is 6.20 Å². The number of halogens is 2. The zero-order chi connectivity index (χ0) is 16.0. The van der Waals surface area contributed by atoms with Crippen LogP contribution in [0.5, 0.6) is 0 Å². The maximum Gasteiger partial charge on any atom is 0.331 e. The molecule has 0 bridgehead atoms. The number of alkyl halides is 2. The molecular formula is C12H19F2N5O2. The van der Waals surface area contributed by atoms with Crippen molar-refractivity contribution in [2.24, 2.45) is 12.8 Å². The van der Waals surface area contributed by atoms with Crippen LogP contribution in [0.25, 0.3) is 0 Å². The lowest BCUT2D eigenvalue weighted by Gasteiger charge is -2.39. The van der Waals surface area contributed by atoms with Crippen molar-refractivity contribution in [2.45, 2.75) is 44.2 Å². The van der Waals surface area contributed by atoms with E-state index in [-0.39, 0.29) is 11.5 Å². The molecule has 2 heterocycles. The van der Waals surface area contributed by atoms with Crippen LogP contribution in [0.2, 0.25) is 0 Å². The molecule has 1 aromatic heterocycles. The van der Waals surface area contributed by atoms with Gasteiger partial charge in [0.25, 0.3) is 5.92 Å². The Balaban J connectivity index is 2.54. The van der Waals surface area contributed by atoms with Gasteiger partial charge in [-0.15, -0.1) is 0 Å². The summed E-state index contributed by atoms with van der Waals surface area (Å²) < 4.78 is 29.3. The molecule has 1 aliphatic rings. The summed E-state index contributed by atoms with van der Waals surface area (Å²) in [6.45, 7) is 2.89. The molecule has 1 aromatic rings. The first-order valence-electron chi connectivity index (χ1n) is 6.61. The molecule has 1 saturated heterocycles. The van der Waals surface area contributed by atoms with E-state index in [1.54, 1.807) is 13.8 Å². The minimum Gasteiger partial charge on any atom is -0.340 e. The van der Waals surface area contributed by atoms with E-state index in [0.717, 1.165) is 6.20 Å². The van der Waals surface area contributed by atoms with E-state index < -0.39 is 35.4 Å². The molecule has 1 aliphatic heterocycles. The van der Waals surface area contributed by atoms with E-state index in [1.165, 1.54) is 16.6 Å². The van der Waals surface area contributed by atoms with Crippen molar-refractivity contribution in [3.05, 3.63) is 16.3 Å². The Bertz CT molecular complexity index is 558. The van der Waals surface area contributed by atoms with Crippen molar-refractivity contribution in [1.29, 1.82) is 0 Å². The summed E-state index contributed by atoms with van der Waals surface area (Å²) in [5, 5.41) is 14.9. The summed E-state index contributed by atoms with van der Waals surface area (Å²) in [6.07, 6.45) is 0.956. The molecule has 7 nitrogen and oxygen atoms in total. The van der Waals surface area contributed by atoms with Gasteiger partial charge in [-0.05, 0) is 20.3 Å². The van der Waals surface area contributed by atoms with Crippen molar-refractivity contribution in [3.8, 4) is 0 Å². The summed E-state index contributed by atoms with van der Waals surface area (Å²) in [5.41, 5.74) is 4.76. The normalized spacial score (nSPS) is 24.7. The Labute approximate surface area is 120 Å². The molecule has 2 N–H and O–H groups in total. The Morgan fingerprint density at radius 3 is 2.67 bits per heavy atom. The third kappa shape index (κ3) is 2.97. The summed E-state index contributed by atoms with van der Waals surface area (Å²) in [4.78, 5) is 11.9. The van der Waals surface area contributed by atoms with Gasteiger partial charge in [-0.1, -0.05) is 0 Å². The van der Waals surface area contributed by atoms with E-state index in [0.29, 0.717) is 6.42 Å². The number of aryl methyl sites for hydroxylation is 1. The summed E-state index contributed by atoms with van der Waals surface area (Å²) in [7, 11) is 1.50. The molecule has 0 amide bonds. The maximum absolute atomic E-state index is 14.0. The standard InChI is InChI=1S/C12H19F2N5O2/c1-11(2)4-8(15)5-12(13,14)7-18(11)10-9(19(20)21)6-16-17(10)3/h6,8H,4-5,7,15H2,1-3H3. The fraction of sp³-hybridized carbons (Fsp3) is 0.750. The molecule has 0 radical (unpaired) electrons. The molecule has 0 aromatic carbocycles. The lowest BCUT2D eigenvalue weighted by atomic mass is 9.94. The van der Waals surface area contributed by atoms with E-state index >= 15 is 0 Å². The van der Waals surface area contributed by atoms with Crippen LogP contribution in [0.1, 0.15) is 26.7 Å². The fourth-order valence-corrected chi connectivity index (χ4v) is 2.94. The fourth-order valence-electron chi connectivity index (χ4n) is 2.94. The Hall–Kier alpha value is -1.77. The average molecular weight is 303 g/mol. The molecule has 0 spiro atoms. The van der Waals surface area contributed by atoms with Gasteiger partial charge in [-0.3, -0.25) is 10.1 Å². The van der Waals surface area contributed by atoms with Crippen LogP contribution in [0.4, 0.5) is 20.3 Å². The highest BCUT2D eigenvalue weighted by molar-refractivity contribution is 5.59. The Kier molecular flexibility index (Phi) is 3.64. The highest BCUT2D eigenvalue weighted by Crippen LogP contribution is 2.40. The van der Waals surface area contributed by atoms with Crippen LogP contribution in [-0.4, -0.2) is 38.8 Å². The minimum atomic E-state index is -3.01. The second kappa shape index (κ2) is 4.90. The van der Waals surface area contributed by atoms with Crippen molar-refractivity contribution < 1.29 is 13.7 Å². The van der Waals surface area contributed by atoms with E-state index in [4.69, 9.17) is 5.73 Å². The molecule has 0 aliphatic carbocycles. The monoisotopic (exact) mass is 303 g/mol. The Morgan fingerprint density at radius 1 is 1.48 bits per heavy atom. The van der Waals surface area contributed by atoms with Crippen molar-refractivity contribution in [2.75, 3.05) is 11.4 Å². The van der Waals surface area contributed by atoms with E-state index in [9.17, 15) is 18.9 Å². The smallest absolute Gasteiger partial charge is 0.331 e. The zero-order valence-corrected chi connectivity index (χ0v) is 12.2. The molecular weight excluding hydrogens is 284 g/mol. The second-order valence-corrected chi connectivity index (χ2v) is 6.16. The van der Waals surface area contributed by atoms with Gasteiger partial charge in [0, 0.05) is 25.0 Å². The first-order valence-corrected chi connectivity index (χ1v) is 6.61. The van der Waals surface area contributed by atoms with Crippen LogP contribution >= 0.6 is 0 Å². The van der Waals surface area contributed by atoms with Crippen molar-refractivity contribution in [1.82, 2.24) is 9.78 Å². The molecule has 118 valence electrons. The van der Waals surface area contributed by atoms with E-state index in [2.05, 4.69) is 5.10 Å². The topological polar surface area (TPSA) is 90.2 Å². The quantitative estimate of drug-likeness (QED) is 0.663. The summed E-state index contributed by atoms with van der Waals surface area (Å²) >= 11 is 0. The number of hydrogen-bond acceptors (Lipinski definition) is 5. The van der Waals surface area contributed by atoms with Crippen LogP contribution < -0.4 is 10.6 Å². The average Bonchev–Trinajstić information content (AvgIpc) is 2.62. The molecule has 1 fully saturated rings. The number of nitrogens with two attached hydrogens (primary N) is 1. The number of nitro groups is 1. The van der Waals surface area contributed by atoms with Gasteiger partial charge in [-0.25, -0.2) is 13.5 Å². The molecule has 2 rings (SSSR count). The van der Waals surface area contributed by atoms with Gasteiger partial charge < -0.3 is 10.6 Å². The number of hydrogen-bond donors (Lipinski definition) is 1. The largest absolute Gasteiger partial charge is 0.340 e. The lowest BCUT2D eigenvalue weighted by Crippen LogP contribution is -2.49. The molecule has 21 heavy (non-hydrogen) atoms. The maximum atomic E-state index is 14.0. The van der Waals surface area contributed by atoms with Gasteiger partial charge in [0.2, 0.25) is 5.82 Å². The SMILES string of the molecule is Cn1ncc([N+](=O)[O-])c1N1CC(F)(F)CC(N)CC1(C)C. The molecule has 1 atom stereocenters. The van der Waals surface area contributed by atoms with Crippen molar-refractivity contribution in [3.63, 3.8) is 0 Å². The van der Waals surface area contributed by atoms with Crippen LogP contribution in [-0.2, 0) is 7.05 Å². The first-order chi connectivity index (χ1) is 9.53. The highest BCUT2D eigenvalue weighted by Gasteiger charge is 2.46. The Morgan fingerprint density at radius 2 is 2.10 bits per heavy atom. The number of anilines is 1. The summed E-state index contributed by atoms with van der Waals surface area (Å²) in [5.74, 6) is -2.93. The van der Waals surface area contributed by atoms with Crippen LogP contribution in [0.3, 0.4) is 0 Å².